The molecule has 0 unspecified atom stereocenters. The van der Waals surface area contributed by atoms with Gasteiger partial charge in [0.15, 0.2) is 0 Å². The molecule has 0 aliphatic heterocycles. The molecule has 0 amide bonds. The zero-order valence-electron chi connectivity index (χ0n) is 13.6. The Morgan fingerprint density at radius 1 is 0.609 bits per heavy atom. The molecule has 23 heavy (non-hydrogen) atoms. The summed E-state index contributed by atoms with van der Waals surface area (Å²) < 4.78 is 0. The predicted molar refractivity (Wildman–Crippen MR) is 97.3 cm³/mol. The van der Waals surface area contributed by atoms with E-state index in [-0.39, 0.29) is 0 Å². The van der Waals surface area contributed by atoms with Crippen LogP contribution in [0.4, 0.5) is 0 Å². The van der Waals surface area contributed by atoms with Gasteiger partial charge in [-0.05, 0) is 55.1 Å². The smallest absolute Gasteiger partial charge is 0.00642 e. The lowest BCUT2D eigenvalue weighted by Gasteiger charge is -2.35. The third-order valence-electron chi connectivity index (χ3n) is 5.45. The van der Waals surface area contributed by atoms with Crippen LogP contribution in [0.15, 0.2) is 84.0 Å². The van der Waals surface area contributed by atoms with Gasteiger partial charge in [-0.2, -0.15) is 0 Å². The molecule has 0 radical (unpaired) electrons. The zero-order chi connectivity index (χ0) is 15.5. The van der Waals surface area contributed by atoms with E-state index in [4.69, 9.17) is 0 Å². The van der Waals surface area contributed by atoms with Crippen molar-refractivity contribution in [3.8, 4) is 0 Å². The first-order valence-electron chi connectivity index (χ1n) is 8.84. The van der Waals surface area contributed by atoms with Gasteiger partial charge < -0.3 is 0 Å². The molecule has 2 aliphatic carbocycles. The summed E-state index contributed by atoms with van der Waals surface area (Å²) in [5, 5.41) is 0. The molecule has 0 nitrogen and oxygen atoms in total. The Kier molecular flexibility index (Phi) is 4.15. The molecule has 0 heterocycles. The molecule has 0 fully saturated rings. The predicted octanol–water partition coefficient (Wildman–Crippen LogP) is 5.75. The Hall–Kier alpha value is -2.08. The quantitative estimate of drug-likeness (QED) is 0.630. The van der Waals surface area contributed by atoms with E-state index in [0.29, 0.717) is 0 Å². The Labute approximate surface area is 139 Å². The lowest BCUT2D eigenvalue weighted by atomic mass is 9.70. The minimum absolute atomic E-state index is 0.772. The van der Waals surface area contributed by atoms with Crippen LogP contribution < -0.4 is 0 Å². The van der Waals surface area contributed by atoms with Crippen LogP contribution in [0.5, 0.6) is 0 Å². The summed E-state index contributed by atoms with van der Waals surface area (Å²) in [4.78, 5) is 0. The number of fused-ring (bicyclic) bond motifs is 2. The summed E-state index contributed by atoms with van der Waals surface area (Å²) in [5.41, 5.74) is 6.25. The monoisotopic (exact) mass is 300 g/mol. The van der Waals surface area contributed by atoms with Crippen molar-refractivity contribution in [2.24, 2.45) is 11.8 Å². The third kappa shape index (κ3) is 3.32. The van der Waals surface area contributed by atoms with Crippen LogP contribution in [-0.4, -0.2) is 0 Å². The molecule has 0 N–H and O–H groups in total. The largest absolute Gasteiger partial charge is 0.0841 e. The Bertz CT molecular complexity index is 643. The van der Waals surface area contributed by atoms with Crippen molar-refractivity contribution in [2.45, 2.75) is 32.1 Å². The molecule has 0 aromatic heterocycles. The van der Waals surface area contributed by atoms with Crippen LogP contribution in [0.1, 0.15) is 30.4 Å². The summed E-state index contributed by atoms with van der Waals surface area (Å²) >= 11 is 0. The summed E-state index contributed by atoms with van der Waals surface area (Å²) in [6, 6.07) is 21.8. The average molecular weight is 300 g/mol. The molecule has 2 aromatic rings. The van der Waals surface area contributed by atoms with E-state index in [0.717, 1.165) is 24.7 Å². The van der Waals surface area contributed by atoms with Crippen molar-refractivity contribution in [1.82, 2.24) is 0 Å². The Balaban J connectivity index is 1.45. The van der Waals surface area contributed by atoms with Gasteiger partial charge in [0, 0.05) is 0 Å². The van der Waals surface area contributed by atoms with Gasteiger partial charge in [-0.1, -0.05) is 84.0 Å². The average Bonchev–Trinajstić information content (AvgIpc) is 2.61. The van der Waals surface area contributed by atoms with Crippen LogP contribution in [0.2, 0.25) is 0 Å². The maximum Gasteiger partial charge on any atom is -0.00642 e. The summed E-state index contributed by atoms with van der Waals surface area (Å²) in [5.74, 6) is 1.54. The molecule has 0 heteroatoms. The highest BCUT2D eigenvalue weighted by atomic mass is 14.3. The van der Waals surface area contributed by atoms with Crippen molar-refractivity contribution in [2.75, 3.05) is 0 Å². The number of hydrogen-bond donors (Lipinski definition) is 0. The second kappa shape index (κ2) is 6.58. The first-order chi connectivity index (χ1) is 11.4. The Morgan fingerprint density at radius 3 is 1.48 bits per heavy atom. The number of benzene rings is 2. The van der Waals surface area contributed by atoms with Crippen LogP contribution in [0.25, 0.3) is 0 Å². The SMILES string of the molecule is C1=C(Cc2ccccc2)[C@H]2CC=C(Cc3ccccc3)[C@@H](C1)C2. The fourth-order valence-electron chi connectivity index (χ4n) is 4.16. The van der Waals surface area contributed by atoms with Crippen LogP contribution in [0.3, 0.4) is 0 Å². The molecule has 0 spiro atoms. The van der Waals surface area contributed by atoms with Crippen LogP contribution in [0, 0.1) is 11.8 Å². The molecule has 2 bridgehead atoms. The second-order valence-electron chi connectivity index (χ2n) is 6.98. The zero-order valence-corrected chi connectivity index (χ0v) is 13.6. The maximum absolute atomic E-state index is 2.55. The van der Waals surface area contributed by atoms with Crippen molar-refractivity contribution >= 4 is 0 Å². The lowest BCUT2D eigenvalue weighted by molar-refractivity contribution is 0.391. The molecular weight excluding hydrogens is 276 g/mol. The summed E-state index contributed by atoms with van der Waals surface area (Å²) in [6.07, 6.45) is 11.2. The standard InChI is InChI=1S/C23H24/c1-3-7-18(8-4-1)15-20-11-13-23-17-22(20)14-12-21(23)16-19-9-5-2-6-10-19/h1-12,22-23H,13-17H2/t22-,23-/m0/s1. The normalized spacial score (nSPS) is 23.1. The third-order valence-corrected chi connectivity index (χ3v) is 5.45. The van der Waals surface area contributed by atoms with Crippen molar-refractivity contribution in [3.63, 3.8) is 0 Å². The lowest BCUT2D eigenvalue weighted by Crippen LogP contribution is -2.23. The van der Waals surface area contributed by atoms with Gasteiger partial charge in [0.2, 0.25) is 0 Å². The molecule has 0 saturated heterocycles. The maximum atomic E-state index is 2.55. The van der Waals surface area contributed by atoms with E-state index in [1.165, 1.54) is 30.4 Å². The van der Waals surface area contributed by atoms with Gasteiger partial charge in [0.1, 0.15) is 0 Å². The van der Waals surface area contributed by atoms with E-state index in [1.54, 1.807) is 11.1 Å². The summed E-state index contributed by atoms with van der Waals surface area (Å²) in [7, 11) is 0. The van der Waals surface area contributed by atoms with Crippen molar-refractivity contribution < 1.29 is 0 Å². The fraction of sp³-hybridized carbons (Fsp3) is 0.304. The Morgan fingerprint density at radius 2 is 1.04 bits per heavy atom. The van der Waals surface area contributed by atoms with E-state index < -0.39 is 0 Å². The van der Waals surface area contributed by atoms with E-state index in [1.807, 2.05) is 0 Å². The highest BCUT2D eigenvalue weighted by Gasteiger charge is 2.29. The number of allylic oxidation sites excluding steroid dienone is 4. The van der Waals surface area contributed by atoms with Gasteiger partial charge in [0.05, 0.1) is 0 Å². The fourth-order valence-corrected chi connectivity index (χ4v) is 4.16. The molecule has 2 aliphatic rings. The van der Waals surface area contributed by atoms with E-state index in [2.05, 4.69) is 72.8 Å². The van der Waals surface area contributed by atoms with Gasteiger partial charge in [-0.25, -0.2) is 0 Å². The highest BCUT2D eigenvalue weighted by molar-refractivity contribution is 5.31. The van der Waals surface area contributed by atoms with Gasteiger partial charge in [0.25, 0.3) is 0 Å². The second-order valence-corrected chi connectivity index (χ2v) is 6.98. The highest BCUT2D eigenvalue weighted by Crippen LogP contribution is 2.42. The first kappa shape index (κ1) is 14.5. The van der Waals surface area contributed by atoms with E-state index in [9.17, 15) is 0 Å². The molecule has 2 aromatic carbocycles. The molecule has 4 rings (SSSR count). The molecule has 2 atom stereocenters. The van der Waals surface area contributed by atoms with Crippen molar-refractivity contribution in [3.05, 3.63) is 95.1 Å². The summed E-state index contributed by atoms with van der Waals surface area (Å²) in [6.45, 7) is 0. The minimum Gasteiger partial charge on any atom is -0.0841 e. The van der Waals surface area contributed by atoms with Crippen molar-refractivity contribution in [1.29, 1.82) is 0 Å². The molecule has 0 saturated carbocycles. The van der Waals surface area contributed by atoms with Gasteiger partial charge in [-0.15, -0.1) is 0 Å². The topological polar surface area (TPSA) is 0 Å². The van der Waals surface area contributed by atoms with E-state index >= 15 is 0 Å². The first-order valence-corrected chi connectivity index (χ1v) is 8.84. The number of rotatable bonds is 4. The molecule has 116 valence electrons. The van der Waals surface area contributed by atoms with Gasteiger partial charge in [-0.3, -0.25) is 0 Å². The molecular formula is C23H24. The number of hydrogen-bond acceptors (Lipinski definition) is 0. The van der Waals surface area contributed by atoms with Crippen LogP contribution in [-0.2, 0) is 12.8 Å². The van der Waals surface area contributed by atoms with Crippen LogP contribution >= 0.6 is 0 Å². The minimum atomic E-state index is 0.772. The van der Waals surface area contributed by atoms with Gasteiger partial charge >= 0.3 is 0 Å².